The first-order chi connectivity index (χ1) is 12.2. The Morgan fingerprint density at radius 3 is 2.69 bits per heavy atom. The van der Waals surface area contributed by atoms with E-state index in [1.165, 1.54) is 5.56 Å². The number of hydrogen-bond acceptors (Lipinski definition) is 7. The second-order valence-electron chi connectivity index (χ2n) is 6.73. The number of nitrogens with two attached hydrogens (primary N) is 1. The van der Waals surface area contributed by atoms with Crippen LogP contribution in [-0.4, -0.2) is 33.5 Å². The van der Waals surface area contributed by atoms with Crippen LogP contribution in [0.3, 0.4) is 0 Å². The summed E-state index contributed by atoms with van der Waals surface area (Å²) in [4.78, 5) is 26.3. The van der Waals surface area contributed by atoms with E-state index in [0.717, 1.165) is 27.8 Å². The summed E-state index contributed by atoms with van der Waals surface area (Å²) in [6, 6.07) is 8.13. The summed E-state index contributed by atoms with van der Waals surface area (Å²) in [6.07, 6.45) is 1.66. The number of benzene rings is 1. The van der Waals surface area contributed by atoms with Crippen molar-refractivity contribution in [2.75, 3.05) is 23.5 Å². The van der Waals surface area contributed by atoms with Gasteiger partial charge < -0.3 is 10.7 Å². The number of nitrogens with zero attached hydrogens (tertiary/aromatic N) is 4. The van der Waals surface area contributed by atoms with E-state index in [0.29, 0.717) is 0 Å². The second kappa shape index (κ2) is 6.60. The standard InChI is InChI=1S/C18H21N5O2S/c1-11-16(25)23(19)17(21-20-11)26-10-12(24)9-15-18(2,3)13-7-5-6-8-14(13)22(15)4/h5-9H,10,19H2,1-4H3/b15-9+. The number of thioether (sulfide) groups is 1. The lowest BCUT2D eigenvalue weighted by atomic mass is 9.83. The summed E-state index contributed by atoms with van der Waals surface area (Å²) in [6.45, 7) is 5.74. The van der Waals surface area contributed by atoms with E-state index in [1.54, 1.807) is 13.0 Å². The molecule has 0 radical (unpaired) electrons. The van der Waals surface area contributed by atoms with Crippen molar-refractivity contribution in [1.29, 1.82) is 0 Å². The minimum Gasteiger partial charge on any atom is -0.347 e. The van der Waals surface area contributed by atoms with Crippen LogP contribution in [0.4, 0.5) is 5.69 Å². The van der Waals surface area contributed by atoms with Gasteiger partial charge in [-0.1, -0.05) is 43.8 Å². The average Bonchev–Trinajstić information content (AvgIpc) is 2.80. The summed E-state index contributed by atoms with van der Waals surface area (Å²) in [5.74, 6) is 5.75. The Morgan fingerprint density at radius 1 is 1.31 bits per heavy atom. The van der Waals surface area contributed by atoms with Gasteiger partial charge in [0.05, 0.1) is 5.75 Å². The fourth-order valence-corrected chi connectivity index (χ4v) is 3.83. The van der Waals surface area contributed by atoms with Crippen molar-refractivity contribution in [1.82, 2.24) is 14.9 Å². The molecule has 0 fully saturated rings. The second-order valence-corrected chi connectivity index (χ2v) is 7.67. The number of rotatable bonds is 4. The summed E-state index contributed by atoms with van der Waals surface area (Å²) in [5, 5.41) is 7.87. The number of hydrogen-bond donors (Lipinski definition) is 1. The highest BCUT2D eigenvalue weighted by Gasteiger charge is 2.38. The number of anilines is 1. The monoisotopic (exact) mass is 371 g/mol. The van der Waals surface area contributed by atoms with Gasteiger partial charge in [-0.15, -0.1) is 10.2 Å². The van der Waals surface area contributed by atoms with E-state index >= 15 is 0 Å². The third kappa shape index (κ3) is 3.01. The maximum atomic E-state index is 12.5. The van der Waals surface area contributed by atoms with Crippen molar-refractivity contribution >= 4 is 23.2 Å². The number of allylic oxidation sites excluding steroid dienone is 2. The van der Waals surface area contributed by atoms with Crippen molar-refractivity contribution in [3.05, 3.63) is 57.6 Å². The van der Waals surface area contributed by atoms with E-state index in [1.807, 2.05) is 30.1 Å². The lowest BCUT2D eigenvalue weighted by molar-refractivity contribution is -0.112. The van der Waals surface area contributed by atoms with Crippen LogP contribution in [0.5, 0.6) is 0 Å². The zero-order valence-corrected chi connectivity index (χ0v) is 16.0. The number of ketones is 1. The molecule has 0 spiro atoms. The molecule has 2 aromatic rings. The van der Waals surface area contributed by atoms with Gasteiger partial charge in [-0.25, -0.2) is 0 Å². The van der Waals surface area contributed by atoms with Gasteiger partial charge >= 0.3 is 0 Å². The van der Waals surface area contributed by atoms with Crippen molar-refractivity contribution in [2.24, 2.45) is 0 Å². The highest BCUT2D eigenvalue weighted by molar-refractivity contribution is 7.99. The van der Waals surface area contributed by atoms with Crippen LogP contribution >= 0.6 is 11.8 Å². The molecule has 2 N–H and O–H groups in total. The quantitative estimate of drug-likeness (QED) is 0.496. The highest BCUT2D eigenvalue weighted by Crippen LogP contribution is 2.46. The molecule has 0 unspecified atom stereocenters. The lowest BCUT2D eigenvalue weighted by Gasteiger charge is -2.23. The maximum Gasteiger partial charge on any atom is 0.294 e. The van der Waals surface area contributed by atoms with Crippen LogP contribution in [0.2, 0.25) is 0 Å². The molecule has 7 nitrogen and oxygen atoms in total. The average molecular weight is 371 g/mol. The van der Waals surface area contributed by atoms with Crippen molar-refractivity contribution in [2.45, 2.75) is 31.3 Å². The van der Waals surface area contributed by atoms with Gasteiger partial charge in [-0.2, -0.15) is 4.68 Å². The van der Waals surface area contributed by atoms with Gasteiger partial charge in [-0.3, -0.25) is 9.59 Å². The third-order valence-electron chi connectivity index (χ3n) is 4.60. The van der Waals surface area contributed by atoms with Crippen LogP contribution < -0.4 is 16.3 Å². The fourth-order valence-electron chi connectivity index (χ4n) is 3.16. The van der Waals surface area contributed by atoms with Crippen LogP contribution in [0.25, 0.3) is 0 Å². The summed E-state index contributed by atoms with van der Waals surface area (Å²) in [7, 11) is 1.96. The first kappa shape index (κ1) is 18.2. The van der Waals surface area contributed by atoms with Crippen molar-refractivity contribution < 1.29 is 4.79 Å². The minimum absolute atomic E-state index is 0.0763. The molecule has 1 aliphatic rings. The molecule has 0 atom stereocenters. The van der Waals surface area contributed by atoms with E-state index in [9.17, 15) is 9.59 Å². The van der Waals surface area contributed by atoms with Gasteiger partial charge in [0.2, 0.25) is 5.16 Å². The third-order valence-corrected chi connectivity index (χ3v) is 5.57. The first-order valence-electron chi connectivity index (χ1n) is 8.16. The molecule has 0 bridgehead atoms. The number of fused-ring (bicyclic) bond motifs is 1. The predicted octanol–water partition coefficient (Wildman–Crippen LogP) is 1.63. The number of para-hydroxylation sites is 1. The minimum atomic E-state index is -0.416. The molecule has 1 aromatic heterocycles. The van der Waals surface area contributed by atoms with Gasteiger partial charge in [0.1, 0.15) is 5.69 Å². The van der Waals surface area contributed by atoms with E-state index in [4.69, 9.17) is 5.84 Å². The van der Waals surface area contributed by atoms with Crippen molar-refractivity contribution in [3.8, 4) is 0 Å². The summed E-state index contributed by atoms with van der Waals surface area (Å²) < 4.78 is 0.926. The summed E-state index contributed by atoms with van der Waals surface area (Å²) in [5.41, 5.74) is 2.77. The first-order valence-corrected chi connectivity index (χ1v) is 9.14. The molecular formula is C18H21N5O2S. The maximum absolute atomic E-state index is 12.5. The largest absolute Gasteiger partial charge is 0.347 e. The normalized spacial score (nSPS) is 16.8. The number of carbonyl (C=O) groups is 1. The summed E-state index contributed by atoms with van der Waals surface area (Å²) >= 11 is 1.10. The number of aryl methyl sites for hydroxylation is 1. The van der Waals surface area contributed by atoms with Crippen LogP contribution in [0.1, 0.15) is 25.1 Å². The molecule has 1 aliphatic heterocycles. The number of nitrogen functional groups attached to an aromatic ring is 1. The van der Waals surface area contributed by atoms with Crippen LogP contribution in [-0.2, 0) is 10.2 Å². The molecule has 26 heavy (non-hydrogen) atoms. The zero-order valence-electron chi connectivity index (χ0n) is 15.2. The Bertz CT molecular complexity index is 964. The van der Waals surface area contributed by atoms with Gasteiger partial charge in [-0.05, 0) is 18.6 Å². The Hall–Kier alpha value is -2.61. The molecule has 1 aromatic carbocycles. The number of aromatic nitrogens is 3. The lowest BCUT2D eigenvalue weighted by Crippen LogP contribution is -2.32. The van der Waals surface area contributed by atoms with Crippen molar-refractivity contribution in [3.63, 3.8) is 0 Å². The van der Waals surface area contributed by atoms with Crippen LogP contribution in [0.15, 0.2) is 46.0 Å². The molecule has 0 aliphatic carbocycles. The van der Waals surface area contributed by atoms with Gasteiger partial charge in [0.15, 0.2) is 5.78 Å². The Kier molecular flexibility index (Phi) is 4.62. The Balaban J connectivity index is 1.80. The Labute approximate surface area is 155 Å². The highest BCUT2D eigenvalue weighted by atomic mass is 32.2. The Morgan fingerprint density at radius 2 is 2.00 bits per heavy atom. The molecular weight excluding hydrogens is 350 g/mol. The molecule has 2 heterocycles. The smallest absolute Gasteiger partial charge is 0.294 e. The molecule has 0 amide bonds. The fraction of sp³-hybridized carbons (Fsp3) is 0.333. The number of likely N-dealkylation sites (N-methyl/N-ethyl adjacent to an activating group) is 1. The molecule has 3 rings (SSSR count). The molecule has 0 saturated carbocycles. The zero-order chi connectivity index (χ0) is 19.1. The van der Waals surface area contributed by atoms with Gasteiger partial charge in [0, 0.05) is 29.9 Å². The van der Waals surface area contributed by atoms with Gasteiger partial charge in [0.25, 0.3) is 5.56 Å². The molecule has 0 saturated heterocycles. The topological polar surface area (TPSA) is 94.1 Å². The van der Waals surface area contributed by atoms with E-state index in [-0.39, 0.29) is 27.8 Å². The van der Waals surface area contributed by atoms with E-state index in [2.05, 4.69) is 30.1 Å². The van der Waals surface area contributed by atoms with Crippen LogP contribution in [0, 0.1) is 6.92 Å². The molecule has 136 valence electrons. The molecule has 8 heteroatoms. The SMILES string of the molecule is Cc1nnc(SCC(=O)/C=C2/N(C)c3ccccc3C2(C)C)n(N)c1=O. The van der Waals surface area contributed by atoms with E-state index < -0.39 is 5.56 Å². The number of carbonyl (C=O) groups excluding carboxylic acids is 1. The predicted molar refractivity (Wildman–Crippen MR) is 103 cm³/mol.